The summed E-state index contributed by atoms with van der Waals surface area (Å²) in [6.45, 7) is 2.01. The summed E-state index contributed by atoms with van der Waals surface area (Å²) >= 11 is 5.91. The molecule has 0 bridgehead atoms. The van der Waals surface area contributed by atoms with E-state index in [4.69, 9.17) is 11.6 Å². The highest BCUT2D eigenvalue weighted by molar-refractivity contribution is 6.32. The summed E-state index contributed by atoms with van der Waals surface area (Å²) in [6.07, 6.45) is 4.61. The second kappa shape index (κ2) is 6.72. The van der Waals surface area contributed by atoms with E-state index in [-0.39, 0.29) is 16.6 Å². The van der Waals surface area contributed by atoms with Gasteiger partial charge in [0, 0.05) is 11.8 Å². The highest BCUT2D eigenvalue weighted by atomic mass is 35.5. The van der Waals surface area contributed by atoms with Gasteiger partial charge in [0.05, 0.1) is 22.1 Å². The molecule has 2 aromatic rings. The predicted octanol–water partition coefficient (Wildman–Crippen LogP) is 4.56. The van der Waals surface area contributed by atoms with Crippen LogP contribution in [0, 0.1) is 6.92 Å². The normalized spacial score (nSPS) is 15.5. The molecule has 2 aromatic carbocycles. The number of halogens is 1. The van der Waals surface area contributed by atoms with Crippen molar-refractivity contribution in [2.24, 2.45) is 4.99 Å². The van der Waals surface area contributed by atoms with Crippen LogP contribution in [0.4, 0.5) is 11.4 Å². The van der Waals surface area contributed by atoms with Gasteiger partial charge in [0.15, 0.2) is 5.78 Å². The Morgan fingerprint density at radius 3 is 2.54 bits per heavy atom. The van der Waals surface area contributed by atoms with Gasteiger partial charge in [-0.3, -0.25) is 4.79 Å². The Labute approximate surface area is 144 Å². The van der Waals surface area contributed by atoms with Crippen LogP contribution in [0.15, 0.2) is 71.4 Å². The SMILES string of the molecule is Cc1ccc(NC2=CC(=O)C=C/C2=N\c2ccc(O)c(Cl)c2)cc1. The molecular weight excluding hydrogens is 324 g/mol. The summed E-state index contributed by atoms with van der Waals surface area (Å²) in [5, 5.41) is 12.9. The van der Waals surface area contributed by atoms with Crippen LogP contribution in [0.2, 0.25) is 5.02 Å². The van der Waals surface area contributed by atoms with E-state index in [1.165, 1.54) is 18.2 Å². The molecule has 3 rings (SSSR count). The number of nitrogens with one attached hydrogen (secondary N) is 1. The number of nitrogens with zero attached hydrogens (tertiary/aromatic N) is 1. The summed E-state index contributed by atoms with van der Waals surface area (Å²) < 4.78 is 0. The van der Waals surface area contributed by atoms with Crippen molar-refractivity contribution in [3.8, 4) is 5.75 Å². The van der Waals surface area contributed by atoms with Gasteiger partial charge in [-0.2, -0.15) is 0 Å². The minimum absolute atomic E-state index is 0.00327. The van der Waals surface area contributed by atoms with Crippen LogP contribution >= 0.6 is 11.6 Å². The van der Waals surface area contributed by atoms with E-state index >= 15 is 0 Å². The zero-order valence-corrected chi connectivity index (χ0v) is 13.7. The molecule has 0 amide bonds. The average molecular weight is 339 g/mol. The second-order valence-electron chi connectivity index (χ2n) is 5.42. The highest BCUT2D eigenvalue weighted by Crippen LogP contribution is 2.28. The maximum atomic E-state index is 11.7. The molecule has 0 radical (unpaired) electrons. The van der Waals surface area contributed by atoms with Gasteiger partial charge in [-0.25, -0.2) is 4.99 Å². The zero-order chi connectivity index (χ0) is 17.1. The van der Waals surface area contributed by atoms with Gasteiger partial charge in [-0.15, -0.1) is 0 Å². The Hall–Kier alpha value is -2.85. The molecule has 0 saturated heterocycles. The van der Waals surface area contributed by atoms with Crippen molar-refractivity contribution in [3.05, 3.63) is 77.0 Å². The Morgan fingerprint density at radius 1 is 1.08 bits per heavy atom. The van der Waals surface area contributed by atoms with Crippen molar-refractivity contribution < 1.29 is 9.90 Å². The van der Waals surface area contributed by atoms with Crippen LogP contribution in [0.3, 0.4) is 0 Å². The largest absolute Gasteiger partial charge is 0.506 e. The first-order valence-corrected chi connectivity index (χ1v) is 7.74. The number of benzene rings is 2. The third-order valence-electron chi connectivity index (χ3n) is 3.48. The number of phenolic OH excluding ortho intramolecular Hbond substituents is 1. The molecule has 0 atom stereocenters. The molecule has 0 aliphatic heterocycles. The number of hydrogen-bond donors (Lipinski definition) is 2. The number of anilines is 1. The van der Waals surface area contributed by atoms with E-state index < -0.39 is 0 Å². The quantitative estimate of drug-likeness (QED) is 0.806. The molecule has 4 nitrogen and oxygen atoms in total. The number of ketones is 1. The zero-order valence-electron chi connectivity index (χ0n) is 13.0. The van der Waals surface area contributed by atoms with Gasteiger partial charge in [-0.1, -0.05) is 29.3 Å². The minimum Gasteiger partial charge on any atom is -0.506 e. The second-order valence-corrected chi connectivity index (χ2v) is 5.82. The lowest BCUT2D eigenvalue weighted by Crippen LogP contribution is -2.15. The van der Waals surface area contributed by atoms with Crippen LogP contribution in [-0.2, 0) is 4.79 Å². The van der Waals surface area contributed by atoms with Gasteiger partial charge in [0.25, 0.3) is 0 Å². The van der Waals surface area contributed by atoms with E-state index in [0.29, 0.717) is 17.1 Å². The Balaban J connectivity index is 1.92. The van der Waals surface area contributed by atoms with E-state index in [0.717, 1.165) is 11.3 Å². The van der Waals surface area contributed by atoms with Crippen molar-refractivity contribution in [3.63, 3.8) is 0 Å². The summed E-state index contributed by atoms with van der Waals surface area (Å²) in [7, 11) is 0. The Kier molecular flexibility index (Phi) is 4.49. The average Bonchev–Trinajstić information content (AvgIpc) is 2.55. The number of allylic oxidation sites excluding steroid dienone is 3. The first kappa shape index (κ1) is 16.0. The smallest absolute Gasteiger partial charge is 0.180 e. The first-order chi connectivity index (χ1) is 11.5. The Bertz CT molecular complexity index is 881. The van der Waals surface area contributed by atoms with E-state index in [1.807, 2.05) is 31.2 Å². The fraction of sp³-hybridized carbons (Fsp3) is 0.0526. The molecule has 0 saturated carbocycles. The summed E-state index contributed by atoms with van der Waals surface area (Å²) in [5.74, 6) is -0.101. The number of carbonyl (C=O) groups excluding carboxylic acids is 1. The van der Waals surface area contributed by atoms with Crippen molar-refractivity contribution in [2.75, 3.05) is 5.32 Å². The number of aromatic hydroxyl groups is 1. The van der Waals surface area contributed by atoms with Gasteiger partial charge in [-0.05, 0) is 49.4 Å². The molecule has 1 aliphatic carbocycles. The molecule has 0 unspecified atom stereocenters. The predicted molar refractivity (Wildman–Crippen MR) is 97.2 cm³/mol. The van der Waals surface area contributed by atoms with E-state index in [1.54, 1.807) is 18.2 Å². The van der Waals surface area contributed by atoms with Crippen molar-refractivity contribution >= 4 is 34.5 Å². The molecular formula is C19H15ClN2O2. The molecule has 5 heteroatoms. The van der Waals surface area contributed by atoms with Crippen LogP contribution in [0.1, 0.15) is 5.56 Å². The number of hydrogen-bond acceptors (Lipinski definition) is 4. The van der Waals surface area contributed by atoms with Crippen molar-refractivity contribution in [1.82, 2.24) is 0 Å². The summed E-state index contributed by atoms with van der Waals surface area (Å²) in [4.78, 5) is 16.2. The van der Waals surface area contributed by atoms with Crippen LogP contribution < -0.4 is 5.32 Å². The molecule has 1 aliphatic rings. The molecule has 2 N–H and O–H groups in total. The van der Waals surface area contributed by atoms with E-state index in [2.05, 4.69) is 10.3 Å². The lowest BCUT2D eigenvalue weighted by atomic mass is 10.1. The lowest BCUT2D eigenvalue weighted by Gasteiger charge is -2.14. The first-order valence-electron chi connectivity index (χ1n) is 7.36. The molecule has 0 fully saturated rings. The number of carbonyl (C=O) groups is 1. The topological polar surface area (TPSA) is 61.7 Å². The summed E-state index contributed by atoms with van der Waals surface area (Å²) in [6, 6.07) is 12.6. The maximum absolute atomic E-state index is 11.7. The monoisotopic (exact) mass is 338 g/mol. The highest BCUT2D eigenvalue weighted by Gasteiger charge is 2.12. The van der Waals surface area contributed by atoms with Gasteiger partial charge in [0.2, 0.25) is 0 Å². The molecule has 0 aromatic heterocycles. The van der Waals surface area contributed by atoms with Crippen LogP contribution in [0.25, 0.3) is 0 Å². The Morgan fingerprint density at radius 2 is 1.83 bits per heavy atom. The fourth-order valence-corrected chi connectivity index (χ4v) is 2.38. The van der Waals surface area contributed by atoms with Crippen LogP contribution in [-0.4, -0.2) is 16.6 Å². The fourth-order valence-electron chi connectivity index (χ4n) is 2.21. The number of phenols is 1. The lowest BCUT2D eigenvalue weighted by molar-refractivity contribution is -0.110. The summed E-state index contributed by atoms with van der Waals surface area (Å²) in [5.41, 5.74) is 3.82. The number of aryl methyl sites for hydroxylation is 1. The molecule has 24 heavy (non-hydrogen) atoms. The van der Waals surface area contributed by atoms with Gasteiger partial charge >= 0.3 is 0 Å². The van der Waals surface area contributed by atoms with Crippen molar-refractivity contribution in [2.45, 2.75) is 6.92 Å². The standard InChI is InChI=1S/C19H15ClN2O2/c1-12-2-4-13(5-3-12)21-18-11-15(23)7-8-17(18)22-14-6-9-19(24)16(20)10-14/h2-11,21,24H,1H3/b22-17+. The van der Waals surface area contributed by atoms with Crippen molar-refractivity contribution in [1.29, 1.82) is 0 Å². The minimum atomic E-state index is -0.104. The molecule has 0 heterocycles. The van der Waals surface area contributed by atoms with Gasteiger partial charge < -0.3 is 10.4 Å². The van der Waals surface area contributed by atoms with Gasteiger partial charge in [0.1, 0.15) is 5.75 Å². The number of aliphatic imine (C=N–C) groups is 1. The van der Waals surface area contributed by atoms with Crippen LogP contribution in [0.5, 0.6) is 5.75 Å². The molecule has 0 spiro atoms. The van der Waals surface area contributed by atoms with E-state index in [9.17, 15) is 9.90 Å². The maximum Gasteiger partial charge on any atom is 0.180 e. The third kappa shape index (κ3) is 3.73. The third-order valence-corrected chi connectivity index (χ3v) is 3.78. The number of rotatable bonds is 3. The molecule has 120 valence electrons.